The van der Waals surface area contributed by atoms with E-state index in [1.54, 1.807) is 0 Å². The summed E-state index contributed by atoms with van der Waals surface area (Å²) in [5.41, 5.74) is 3.43. The highest BCUT2D eigenvalue weighted by atomic mass is 16.1. The molecule has 10 heavy (non-hydrogen) atoms. The van der Waals surface area contributed by atoms with Gasteiger partial charge in [0.15, 0.2) is 0 Å². The highest BCUT2D eigenvalue weighted by Gasteiger charge is 2.09. The summed E-state index contributed by atoms with van der Waals surface area (Å²) in [6.45, 7) is 5.89. The van der Waals surface area contributed by atoms with E-state index in [2.05, 4.69) is 6.58 Å². The van der Waals surface area contributed by atoms with Crippen molar-refractivity contribution in [2.24, 2.45) is 0 Å². The maximum atomic E-state index is 10.4. The quantitative estimate of drug-likeness (QED) is 0.399. The van der Waals surface area contributed by atoms with E-state index in [9.17, 15) is 4.79 Å². The van der Waals surface area contributed by atoms with E-state index >= 15 is 0 Å². The Labute approximate surface area is 61.4 Å². The van der Waals surface area contributed by atoms with Gasteiger partial charge in [-0.15, -0.1) is 0 Å². The van der Waals surface area contributed by atoms with Crippen LogP contribution in [0.5, 0.6) is 0 Å². The summed E-state index contributed by atoms with van der Waals surface area (Å²) in [4.78, 5) is 10.4. The Balaban J connectivity index is 2.80. The predicted octanol–water partition coefficient (Wildman–Crippen LogP) is 2.24. The number of aldehydes is 1. The minimum absolute atomic E-state index is 0.897. The maximum Gasteiger partial charge on any atom is 0.145 e. The summed E-state index contributed by atoms with van der Waals surface area (Å²) < 4.78 is 0. The van der Waals surface area contributed by atoms with E-state index in [1.165, 1.54) is 11.1 Å². The van der Waals surface area contributed by atoms with Crippen LogP contribution in [0.4, 0.5) is 0 Å². The van der Waals surface area contributed by atoms with Gasteiger partial charge < -0.3 is 0 Å². The van der Waals surface area contributed by atoms with Gasteiger partial charge in [0.1, 0.15) is 6.29 Å². The third kappa shape index (κ3) is 1.35. The van der Waals surface area contributed by atoms with E-state index in [0.29, 0.717) is 0 Å². The lowest BCUT2D eigenvalue weighted by molar-refractivity contribution is -0.105. The molecular weight excluding hydrogens is 124 g/mol. The lowest BCUT2D eigenvalue weighted by atomic mass is 9.90. The number of carbonyl (C=O) groups is 1. The summed E-state index contributed by atoms with van der Waals surface area (Å²) in [5.74, 6) is 0. The molecule has 0 N–H and O–H groups in total. The Morgan fingerprint density at radius 2 is 2.20 bits per heavy atom. The van der Waals surface area contributed by atoms with E-state index < -0.39 is 0 Å². The average molecular weight is 136 g/mol. The van der Waals surface area contributed by atoms with Crippen LogP contribution in [0.15, 0.2) is 23.3 Å². The molecule has 0 saturated heterocycles. The minimum atomic E-state index is 0.897. The predicted molar refractivity (Wildman–Crippen MR) is 41.8 cm³/mol. The van der Waals surface area contributed by atoms with Crippen LogP contribution in [0.3, 0.4) is 0 Å². The van der Waals surface area contributed by atoms with Gasteiger partial charge in [-0.05, 0) is 31.8 Å². The lowest BCUT2D eigenvalue weighted by Gasteiger charge is -2.14. The standard InChI is InChI=1S/C9H12O/c1-7-3-4-9(6-10)8(2)5-7/h6H,1,3-5H2,2H3. The van der Waals surface area contributed by atoms with Gasteiger partial charge >= 0.3 is 0 Å². The molecule has 0 aliphatic heterocycles. The maximum absolute atomic E-state index is 10.4. The van der Waals surface area contributed by atoms with Crippen molar-refractivity contribution in [2.45, 2.75) is 26.2 Å². The molecular formula is C9H12O. The van der Waals surface area contributed by atoms with Crippen molar-refractivity contribution < 1.29 is 4.79 Å². The fraction of sp³-hybridized carbons (Fsp3) is 0.444. The number of allylic oxidation sites excluding steroid dienone is 3. The van der Waals surface area contributed by atoms with E-state index in [0.717, 1.165) is 31.1 Å². The van der Waals surface area contributed by atoms with Gasteiger partial charge in [0.25, 0.3) is 0 Å². The summed E-state index contributed by atoms with van der Waals surface area (Å²) in [7, 11) is 0. The Morgan fingerprint density at radius 3 is 2.70 bits per heavy atom. The fourth-order valence-electron chi connectivity index (χ4n) is 1.26. The Bertz CT molecular complexity index is 199. The van der Waals surface area contributed by atoms with Crippen LogP contribution in [0.2, 0.25) is 0 Å². The molecule has 0 heterocycles. The van der Waals surface area contributed by atoms with Gasteiger partial charge in [-0.25, -0.2) is 0 Å². The Hall–Kier alpha value is -0.850. The summed E-state index contributed by atoms with van der Waals surface area (Å²) in [6, 6.07) is 0. The first-order valence-corrected chi connectivity index (χ1v) is 3.54. The molecule has 0 amide bonds. The molecule has 0 bridgehead atoms. The molecule has 0 fully saturated rings. The molecule has 1 rings (SSSR count). The van der Waals surface area contributed by atoms with Gasteiger partial charge in [-0.2, -0.15) is 0 Å². The molecule has 0 atom stereocenters. The SMILES string of the molecule is C=C1CCC(C=O)=C(C)C1. The number of carbonyl (C=O) groups excluding carboxylic acids is 1. The minimum Gasteiger partial charge on any atom is -0.298 e. The molecule has 1 heteroatoms. The second-order valence-electron chi connectivity index (χ2n) is 2.85. The molecule has 0 aromatic heterocycles. The van der Waals surface area contributed by atoms with E-state index in [-0.39, 0.29) is 0 Å². The van der Waals surface area contributed by atoms with Crippen LogP contribution in [-0.2, 0) is 4.79 Å². The largest absolute Gasteiger partial charge is 0.298 e. The first-order chi connectivity index (χ1) is 4.74. The van der Waals surface area contributed by atoms with Gasteiger partial charge in [0.2, 0.25) is 0 Å². The van der Waals surface area contributed by atoms with Crippen LogP contribution in [0.25, 0.3) is 0 Å². The normalized spacial score (nSPS) is 19.5. The summed E-state index contributed by atoms with van der Waals surface area (Å²) in [5, 5.41) is 0. The van der Waals surface area contributed by atoms with Crippen molar-refractivity contribution in [1.82, 2.24) is 0 Å². The molecule has 0 aromatic rings. The highest BCUT2D eigenvalue weighted by molar-refractivity contribution is 5.75. The van der Waals surface area contributed by atoms with Crippen molar-refractivity contribution in [2.75, 3.05) is 0 Å². The third-order valence-electron chi connectivity index (χ3n) is 1.95. The molecule has 1 aliphatic carbocycles. The van der Waals surface area contributed by atoms with Crippen molar-refractivity contribution in [3.8, 4) is 0 Å². The molecule has 1 aliphatic rings. The Kier molecular flexibility index (Phi) is 2.05. The second kappa shape index (κ2) is 2.82. The highest BCUT2D eigenvalue weighted by Crippen LogP contribution is 2.25. The fourth-order valence-corrected chi connectivity index (χ4v) is 1.26. The van der Waals surface area contributed by atoms with E-state index in [4.69, 9.17) is 0 Å². The second-order valence-corrected chi connectivity index (χ2v) is 2.85. The van der Waals surface area contributed by atoms with Crippen LogP contribution in [-0.4, -0.2) is 6.29 Å². The van der Waals surface area contributed by atoms with Crippen LogP contribution in [0, 0.1) is 0 Å². The topological polar surface area (TPSA) is 17.1 Å². The molecule has 0 saturated carbocycles. The zero-order chi connectivity index (χ0) is 7.56. The lowest BCUT2D eigenvalue weighted by Crippen LogP contribution is -1.99. The van der Waals surface area contributed by atoms with Gasteiger partial charge in [-0.1, -0.05) is 17.7 Å². The molecule has 0 spiro atoms. The number of hydrogen-bond acceptors (Lipinski definition) is 1. The van der Waals surface area contributed by atoms with Crippen molar-refractivity contribution in [3.05, 3.63) is 23.3 Å². The van der Waals surface area contributed by atoms with Gasteiger partial charge in [0, 0.05) is 0 Å². The molecule has 0 unspecified atom stereocenters. The van der Waals surface area contributed by atoms with Crippen LogP contribution >= 0.6 is 0 Å². The van der Waals surface area contributed by atoms with Crippen LogP contribution in [0.1, 0.15) is 26.2 Å². The summed E-state index contributed by atoms with van der Waals surface area (Å²) >= 11 is 0. The van der Waals surface area contributed by atoms with E-state index in [1.807, 2.05) is 6.92 Å². The van der Waals surface area contributed by atoms with Crippen molar-refractivity contribution in [1.29, 1.82) is 0 Å². The van der Waals surface area contributed by atoms with Crippen molar-refractivity contribution in [3.63, 3.8) is 0 Å². The zero-order valence-corrected chi connectivity index (χ0v) is 6.31. The zero-order valence-electron chi connectivity index (χ0n) is 6.31. The molecule has 0 radical (unpaired) electrons. The monoisotopic (exact) mass is 136 g/mol. The van der Waals surface area contributed by atoms with Gasteiger partial charge in [0.05, 0.1) is 0 Å². The first-order valence-electron chi connectivity index (χ1n) is 3.54. The number of hydrogen-bond donors (Lipinski definition) is 0. The average Bonchev–Trinajstić information content (AvgIpc) is 1.88. The molecule has 54 valence electrons. The number of rotatable bonds is 1. The van der Waals surface area contributed by atoms with Crippen molar-refractivity contribution >= 4 is 6.29 Å². The van der Waals surface area contributed by atoms with Crippen LogP contribution < -0.4 is 0 Å². The third-order valence-corrected chi connectivity index (χ3v) is 1.95. The molecule has 1 nitrogen and oxygen atoms in total. The van der Waals surface area contributed by atoms with Gasteiger partial charge in [-0.3, -0.25) is 4.79 Å². The summed E-state index contributed by atoms with van der Waals surface area (Å²) in [6.07, 6.45) is 3.79. The molecule has 0 aromatic carbocycles. The Morgan fingerprint density at radius 1 is 1.50 bits per heavy atom. The smallest absolute Gasteiger partial charge is 0.145 e. The first kappa shape index (κ1) is 7.26.